The number of amides is 1. The average molecular weight is 291 g/mol. The predicted molar refractivity (Wildman–Crippen MR) is 82.5 cm³/mol. The number of esters is 1. The highest BCUT2D eigenvalue weighted by Gasteiger charge is 2.40. The Kier molecular flexibility index (Phi) is 5.94. The van der Waals surface area contributed by atoms with E-state index in [1.54, 1.807) is 18.9 Å². The summed E-state index contributed by atoms with van der Waals surface area (Å²) >= 11 is 0. The van der Waals surface area contributed by atoms with Gasteiger partial charge < -0.3 is 9.64 Å². The van der Waals surface area contributed by atoms with Gasteiger partial charge in [0.2, 0.25) is 5.91 Å². The predicted octanol–water partition coefficient (Wildman–Crippen LogP) is 2.87. The molecule has 1 atom stereocenters. The summed E-state index contributed by atoms with van der Waals surface area (Å²) in [4.78, 5) is 26.3. The maximum atomic E-state index is 12.6. The van der Waals surface area contributed by atoms with Crippen molar-refractivity contribution in [3.8, 4) is 0 Å². The van der Waals surface area contributed by atoms with Crippen molar-refractivity contribution in [2.45, 2.75) is 34.2 Å². The Hall–Kier alpha value is -1.84. The topological polar surface area (TPSA) is 46.6 Å². The van der Waals surface area contributed by atoms with Crippen LogP contribution in [-0.2, 0) is 20.9 Å². The molecular weight excluding hydrogens is 266 g/mol. The number of hydrogen-bond acceptors (Lipinski definition) is 3. The van der Waals surface area contributed by atoms with Gasteiger partial charge >= 0.3 is 5.97 Å². The van der Waals surface area contributed by atoms with Gasteiger partial charge in [-0.15, -0.1) is 0 Å². The third kappa shape index (κ3) is 4.88. The first-order chi connectivity index (χ1) is 9.77. The van der Waals surface area contributed by atoms with Crippen LogP contribution < -0.4 is 0 Å². The van der Waals surface area contributed by atoms with Crippen LogP contribution in [-0.4, -0.2) is 30.4 Å². The van der Waals surface area contributed by atoms with Gasteiger partial charge in [-0.25, -0.2) is 0 Å². The van der Waals surface area contributed by atoms with Crippen molar-refractivity contribution in [2.75, 3.05) is 13.7 Å². The lowest BCUT2D eigenvalue weighted by Crippen LogP contribution is -2.44. The Bertz CT molecular complexity index is 477. The molecule has 0 saturated carbocycles. The molecule has 0 spiro atoms. The molecule has 1 rings (SSSR count). The lowest BCUT2D eigenvalue weighted by atomic mass is 9.79. The van der Waals surface area contributed by atoms with Gasteiger partial charge in [-0.2, -0.15) is 0 Å². The highest BCUT2D eigenvalue weighted by Crippen LogP contribution is 2.29. The van der Waals surface area contributed by atoms with Gasteiger partial charge in [-0.05, 0) is 17.9 Å². The highest BCUT2D eigenvalue weighted by atomic mass is 16.5. The van der Waals surface area contributed by atoms with Crippen molar-refractivity contribution in [2.24, 2.45) is 11.3 Å². The molecule has 21 heavy (non-hydrogen) atoms. The van der Waals surface area contributed by atoms with Crippen LogP contribution in [0.4, 0.5) is 0 Å². The number of hydrogen-bond donors (Lipinski definition) is 0. The van der Waals surface area contributed by atoms with E-state index in [4.69, 9.17) is 4.74 Å². The zero-order chi connectivity index (χ0) is 16.0. The minimum Gasteiger partial charge on any atom is -0.465 e. The molecule has 1 unspecified atom stereocenters. The molecule has 0 N–H and O–H groups in total. The average Bonchev–Trinajstić information content (AvgIpc) is 2.38. The van der Waals surface area contributed by atoms with Gasteiger partial charge in [0, 0.05) is 13.6 Å². The van der Waals surface area contributed by atoms with Crippen molar-refractivity contribution >= 4 is 11.9 Å². The molecule has 1 amide bonds. The van der Waals surface area contributed by atoms with Crippen LogP contribution in [0.15, 0.2) is 30.3 Å². The van der Waals surface area contributed by atoms with Crippen molar-refractivity contribution in [3.05, 3.63) is 35.9 Å². The minimum atomic E-state index is -0.786. The number of rotatable bonds is 5. The van der Waals surface area contributed by atoms with Crippen LogP contribution in [0.1, 0.15) is 33.3 Å². The van der Waals surface area contributed by atoms with Gasteiger partial charge in [0.05, 0.1) is 6.61 Å². The number of carbonyl (C=O) groups is 2. The summed E-state index contributed by atoms with van der Waals surface area (Å²) in [6, 6.07) is 9.71. The quantitative estimate of drug-likeness (QED) is 0.619. The summed E-state index contributed by atoms with van der Waals surface area (Å²) < 4.78 is 5.07. The molecule has 0 saturated heterocycles. The minimum absolute atomic E-state index is 0.204. The molecule has 0 bridgehead atoms. The lowest BCUT2D eigenvalue weighted by molar-refractivity contribution is -0.160. The third-order valence-corrected chi connectivity index (χ3v) is 3.27. The van der Waals surface area contributed by atoms with Crippen molar-refractivity contribution in [3.63, 3.8) is 0 Å². The Morgan fingerprint density at radius 3 is 2.24 bits per heavy atom. The smallest absolute Gasteiger partial charge is 0.319 e. The molecule has 0 radical (unpaired) electrons. The first-order valence-corrected chi connectivity index (χ1v) is 7.23. The van der Waals surface area contributed by atoms with E-state index < -0.39 is 17.3 Å². The van der Waals surface area contributed by atoms with Crippen LogP contribution in [0.25, 0.3) is 0 Å². The molecule has 4 heteroatoms. The molecule has 0 aliphatic rings. The molecule has 116 valence electrons. The fourth-order valence-corrected chi connectivity index (χ4v) is 2.21. The second-order valence-corrected chi connectivity index (χ2v) is 6.23. The number of nitrogens with zero attached hydrogens (tertiary/aromatic N) is 1. The summed E-state index contributed by atoms with van der Waals surface area (Å²) in [5.74, 6) is -1.44. The van der Waals surface area contributed by atoms with Gasteiger partial charge in [0.1, 0.15) is 5.92 Å². The normalized spacial score (nSPS) is 12.6. The summed E-state index contributed by atoms with van der Waals surface area (Å²) in [5.41, 5.74) is 0.554. The maximum absolute atomic E-state index is 12.6. The molecule has 1 aromatic carbocycles. The third-order valence-electron chi connectivity index (χ3n) is 3.27. The molecule has 0 aliphatic carbocycles. The van der Waals surface area contributed by atoms with E-state index >= 15 is 0 Å². The van der Waals surface area contributed by atoms with Gasteiger partial charge in [0.15, 0.2) is 0 Å². The van der Waals surface area contributed by atoms with Crippen LogP contribution in [0.2, 0.25) is 0 Å². The van der Waals surface area contributed by atoms with Gasteiger partial charge in [-0.3, -0.25) is 9.59 Å². The van der Waals surface area contributed by atoms with Crippen molar-refractivity contribution < 1.29 is 14.3 Å². The maximum Gasteiger partial charge on any atom is 0.319 e. The fraction of sp³-hybridized carbons (Fsp3) is 0.529. The Morgan fingerprint density at radius 1 is 1.19 bits per heavy atom. The first-order valence-electron chi connectivity index (χ1n) is 7.23. The molecule has 4 nitrogen and oxygen atoms in total. The lowest BCUT2D eigenvalue weighted by Gasteiger charge is -2.31. The summed E-state index contributed by atoms with van der Waals surface area (Å²) in [6.07, 6.45) is 0. The zero-order valence-electron chi connectivity index (χ0n) is 13.6. The van der Waals surface area contributed by atoms with Crippen molar-refractivity contribution in [1.29, 1.82) is 0 Å². The zero-order valence-corrected chi connectivity index (χ0v) is 13.6. The molecule has 1 aromatic rings. The Balaban J connectivity index is 2.87. The fourth-order valence-electron chi connectivity index (χ4n) is 2.21. The van der Waals surface area contributed by atoms with E-state index in [1.807, 2.05) is 51.1 Å². The highest BCUT2D eigenvalue weighted by molar-refractivity contribution is 5.98. The van der Waals surface area contributed by atoms with E-state index in [0.717, 1.165) is 5.56 Å². The molecule has 0 aromatic heterocycles. The second-order valence-electron chi connectivity index (χ2n) is 6.23. The van der Waals surface area contributed by atoms with Crippen LogP contribution in [0.5, 0.6) is 0 Å². The second kappa shape index (κ2) is 7.25. The summed E-state index contributed by atoms with van der Waals surface area (Å²) in [5, 5.41) is 0. The Morgan fingerprint density at radius 2 is 1.76 bits per heavy atom. The van der Waals surface area contributed by atoms with E-state index in [0.29, 0.717) is 6.54 Å². The van der Waals surface area contributed by atoms with Gasteiger partial charge in [0.25, 0.3) is 0 Å². The van der Waals surface area contributed by atoms with Gasteiger partial charge in [-0.1, -0.05) is 51.1 Å². The van der Waals surface area contributed by atoms with Crippen LogP contribution >= 0.6 is 0 Å². The van der Waals surface area contributed by atoms with Crippen molar-refractivity contribution in [1.82, 2.24) is 4.90 Å². The van der Waals surface area contributed by atoms with Crippen LogP contribution in [0.3, 0.4) is 0 Å². The van der Waals surface area contributed by atoms with Crippen LogP contribution in [0, 0.1) is 11.3 Å². The number of ether oxygens (including phenoxy) is 1. The molecule has 0 fully saturated rings. The monoisotopic (exact) mass is 291 g/mol. The first kappa shape index (κ1) is 17.2. The standard InChI is InChI=1S/C17H25NO3/c1-6-21-16(20)14(17(2,3)4)15(19)18(5)12-13-10-8-7-9-11-13/h7-11,14H,6,12H2,1-5H3. The van der Waals surface area contributed by atoms with E-state index in [1.165, 1.54) is 0 Å². The largest absolute Gasteiger partial charge is 0.465 e. The number of carbonyl (C=O) groups excluding carboxylic acids is 2. The number of benzene rings is 1. The van der Waals surface area contributed by atoms with E-state index in [-0.39, 0.29) is 12.5 Å². The summed E-state index contributed by atoms with van der Waals surface area (Å²) in [7, 11) is 1.72. The molecule has 0 aliphatic heterocycles. The summed E-state index contributed by atoms with van der Waals surface area (Å²) in [6.45, 7) is 8.14. The SMILES string of the molecule is CCOC(=O)C(C(=O)N(C)Cc1ccccc1)C(C)(C)C. The Labute approximate surface area is 127 Å². The molecular formula is C17H25NO3. The van der Waals surface area contributed by atoms with E-state index in [2.05, 4.69) is 0 Å². The van der Waals surface area contributed by atoms with E-state index in [9.17, 15) is 9.59 Å². The molecule has 0 heterocycles.